The number of hydrogen-bond acceptors (Lipinski definition) is 5. The van der Waals surface area contributed by atoms with Crippen molar-refractivity contribution in [2.24, 2.45) is 0 Å². The topological polar surface area (TPSA) is 82.8 Å². The Morgan fingerprint density at radius 3 is 2.72 bits per heavy atom. The Morgan fingerprint density at radius 1 is 1.24 bits per heavy atom. The van der Waals surface area contributed by atoms with E-state index in [1.54, 1.807) is 12.1 Å². The summed E-state index contributed by atoms with van der Waals surface area (Å²) in [4.78, 5) is 25.3. The maximum atomic E-state index is 11.9. The lowest BCUT2D eigenvalue weighted by Crippen LogP contribution is -2.28. The molecule has 1 amide bonds. The van der Waals surface area contributed by atoms with Gasteiger partial charge in [0.05, 0.1) is 6.61 Å². The van der Waals surface area contributed by atoms with Crippen LogP contribution in [-0.2, 0) is 11.3 Å². The Kier molecular flexibility index (Phi) is 7.16. The van der Waals surface area contributed by atoms with Crippen LogP contribution in [0.2, 0.25) is 0 Å². The third-order valence-corrected chi connectivity index (χ3v) is 4.04. The van der Waals surface area contributed by atoms with Crippen molar-refractivity contribution in [1.82, 2.24) is 4.90 Å². The minimum atomic E-state index is -0.417. The highest BCUT2D eigenvalue weighted by atomic mass is 16.4. The van der Waals surface area contributed by atoms with Crippen LogP contribution in [0.3, 0.4) is 0 Å². The number of fused-ring (bicyclic) bond motifs is 1. The van der Waals surface area contributed by atoms with Gasteiger partial charge >= 0.3 is 5.63 Å². The number of aliphatic hydroxyl groups is 1. The predicted molar refractivity (Wildman–Crippen MR) is 98.7 cm³/mol. The van der Waals surface area contributed by atoms with Crippen molar-refractivity contribution in [3.8, 4) is 0 Å². The molecule has 0 atom stereocenters. The molecule has 1 aromatic heterocycles. The lowest BCUT2D eigenvalue weighted by Gasteiger charge is -2.22. The van der Waals surface area contributed by atoms with Gasteiger partial charge in [0, 0.05) is 43.2 Å². The van der Waals surface area contributed by atoms with Crippen molar-refractivity contribution >= 4 is 22.6 Å². The van der Waals surface area contributed by atoms with Crippen LogP contribution in [0.25, 0.3) is 11.0 Å². The lowest BCUT2D eigenvalue weighted by molar-refractivity contribution is -0.114. The van der Waals surface area contributed by atoms with E-state index in [2.05, 4.69) is 17.1 Å². The first-order valence-electron chi connectivity index (χ1n) is 8.71. The second-order valence-electron chi connectivity index (χ2n) is 6.19. The quantitative estimate of drug-likeness (QED) is 0.539. The number of anilines is 1. The number of carbonyl (C=O) groups is 1. The van der Waals surface area contributed by atoms with Crippen LogP contribution < -0.4 is 10.9 Å². The fraction of sp³-hybridized carbons (Fsp3) is 0.474. The number of hydrogen-bond donors (Lipinski definition) is 2. The zero-order chi connectivity index (χ0) is 18.2. The van der Waals surface area contributed by atoms with Crippen molar-refractivity contribution in [1.29, 1.82) is 0 Å². The van der Waals surface area contributed by atoms with E-state index in [0.717, 1.165) is 36.8 Å². The number of rotatable bonds is 9. The van der Waals surface area contributed by atoms with Crippen LogP contribution in [0.15, 0.2) is 33.5 Å². The first-order chi connectivity index (χ1) is 12.0. The number of nitrogens with one attached hydrogen (secondary N) is 1. The molecule has 0 bridgehead atoms. The molecule has 0 saturated heterocycles. The molecule has 0 spiro atoms. The number of unbranched alkanes of at least 4 members (excludes halogenated alkanes) is 2. The number of nitrogens with zero attached hydrogens (tertiary/aromatic N) is 1. The van der Waals surface area contributed by atoms with Gasteiger partial charge in [0.25, 0.3) is 0 Å². The predicted octanol–water partition coefficient (Wildman–Crippen LogP) is 2.74. The van der Waals surface area contributed by atoms with Crippen LogP contribution in [0.4, 0.5) is 5.69 Å². The van der Waals surface area contributed by atoms with Crippen molar-refractivity contribution in [2.75, 3.05) is 25.0 Å². The van der Waals surface area contributed by atoms with Gasteiger partial charge in [-0.3, -0.25) is 9.69 Å². The van der Waals surface area contributed by atoms with E-state index >= 15 is 0 Å². The van der Waals surface area contributed by atoms with Gasteiger partial charge in [-0.2, -0.15) is 0 Å². The SMILES string of the molecule is CCCCCN(CCO)Cc1cc(=O)oc2cc(NC(C)=O)ccc12. The molecule has 0 aliphatic carbocycles. The van der Waals surface area contributed by atoms with Gasteiger partial charge in [0.2, 0.25) is 5.91 Å². The van der Waals surface area contributed by atoms with Gasteiger partial charge in [-0.05, 0) is 30.7 Å². The summed E-state index contributed by atoms with van der Waals surface area (Å²) in [6.45, 7) is 5.68. The summed E-state index contributed by atoms with van der Waals surface area (Å²) < 4.78 is 5.29. The van der Waals surface area contributed by atoms with E-state index in [-0.39, 0.29) is 12.5 Å². The van der Waals surface area contributed by atoms with Crippen LogP contribution in [-0.4, -0.2) is 35.6 Å². The van der Waals surface area contributed by atoms with Gasteiger partial charge in [-0.25, -0.2) is 4.79 Å². The standard InChI is InChI=1S/C19H26N2O4/c1-3-4-5-8-21(9-10-22)13-15-11-19(24)25-18-12-16(20-14(2)23)6-7-17(15)18/h6-7,11-12,22H,3-5,8-10,13H2,1-2H3,(H,20,23). The molecule has 0 radical (unpaired) electrons. The maximum Gasteiger partial charge on any atom is 0.336 e. The molecular weight excluding hydrogens is 320 g/mol. The van der Waals surface area contributed by atoms with Crippen LogP contribution in [0.5, 0.6) is 0 Å². The molecule has 25 heavy (non-hydrogen) atoms. The molecule has 0 saturated carbocycles. The second kappa shape index (κ2) is 9.34. The summed E-state index contributed by atoms with van der Waals surface area (Å²) in [7, 11) is 0. The van der Waals surface area contributed by atoms with E-state index in [9.17, 15) is 14.7 Å². The van der Waals surface area contributed by atoms with Crippen LogP contribution in [0, 0.1) is 0 Å². The molecule has 0 aliphatic heterocycles. The normalized spacial score (nSPS) is 11.2. The van der Waals surface area contributed by atoms with E-state index < -0.39 is 5.63 Å². The molecular formula is C19H26N2O4. The number of carbonyl (C=O) groups excluding carboxylic acids is 1. The third kappa shape index (κ3) is 5.69. The fourth-order valence-corrected chi connectivity index (χ4v) is 2.88. The maximum absolute atomic E-state index is 11.9. The number of benzene rings is 1. The second-order valence-corrected chi connectivity index (χ2v) is 6.19. The van der Waals surface area contributed by atoms with Crippen molar-refractivity contribution in [2.45, 2.75) is 39.7 Å². The summed E-state index contributed by atoms with van der Waals surface area (Å²) in [5, 5.41) is 12.8. The van der Waals surface area contributed by atoms with Gasteiger partial charge in [0.15, 0.2) is 0 Å². The minimum absolute atomic E-state index is 0.0815. The van der Waals surface area contributed by atoms with Gasteiger partial charge in [-0.1, -0.05) is 19.8 Å². The van der Waals surface area contributed by atoms with E-state index in [4.69, 9.17) is 4.42 Å². The van der Waals surface area contributed by atoms with Gasteiger partial charge in [-0.15, -0.1) is 0 Å². The van der Waals surface area contributed by atoms with Crippen molar-refractivity contribution in [3.63, 3.8) is 0 Å². The number of amides is 1. The van der Waals surface area contributed by atoms with E-state index in [1.807, 2.05) is 6.07 Å². The Hall–Kier alpha value is -2.18. The summed E-state index contributed by atoms with van der Waals surface area (Å²) in [6, 6.07) is 6.81. The summed E-state index contributed by atoms with van der Waals surface area (Å²) in [5.41, 5.74) is 1.49. The Bertz CT molecular complexity index is 770. The monoisotopic (exact) mass is 346 g/mol. The molecule has 1 heterocycles. The highest BCUT2D eigenvalue weighted by molar-refractivity contribution is 5.92. The Labute approximate surface area is 147 Å². The fourth-order valence-electron chi connectivity index (χ4n) is 2.88. The highest BCUT2D eigenvalue weighted by Gasteiger charge is 2.11. The molecule has 6 heteroatoms. The molecule has 1 aromatic carbocycles. The smallest absolute Gasteiger partial charge is 0.336 e. The van der Waals surface area contributed by atoms with E-state index in [0.29, 0.717) is 24.4 Å². The molecule has 2 aromatic rings. The summed E-state index contributed by atoms with van der Waals surface area (Å²) >= 11 is 0. The zero-order valence-corrected chi connectivity index (χ0v) is 14.9. The van der Waals surface area contributed by atoms with Crippen molar-refractivity contribution in [3.05, 3.63) is 40.2 Å². The molecule has 2 N–H and O–H groups in total. The Balaban J connectivity index is 2.29. The highest BCUT2D eigenvalue weighted by Crippen LogP contribution is 2.22. The van der Waals surface area contributed by atoms with Crippen LogP contribution >= 0.6 is 0 Å². The first-order valence-corrected chi connectivity index (χ1v) is 8.71. The summed E-state index contributed by atoms with van der Waals surface area (Å²) in [5.74, 6) is -0.178. The Morgan fingerprint density at radius 2 is 2.04 bits per heavy atom. The van der Waals surface area contributed by atoms with Crippen LogP contribution in [0.1, 0.15) is 38.7 Å². The van der Waals surface area contributed by atoms with Crippen molar-refractivity contribution < 1.29 is 14.3 Å². The molecule has 0 fully saturated rings. The lowest BCUT2D eigenvalue weighted by atomic mass is 10.1. The van der Waals surface area contributed by atoms with Gasteiger partial charge in [0.1, 0.15) is 5.58 Å². The molecule has 2 rings (SSSR count). The minimum Gasteiger partial charge on any atom is -0.423 e. The average molecular weight is 346 g/mol. The van der Waals surface area contributed by atoms with E-state index in [1.165, 1.54) is 13.0 Å². The molecule has 136 valence electrons. The largest absolute Gasteiger partial charge is 0.423 e. The molecule has 0 aliphatic rings. The summed E-state index contributed by atoms with van der Waals surface area (Å²) in [6.07, 6.45) is 3.33. The zero-order valence-electron chi connectivity index (χ0n) is 14.9. The average Bonchev–Trinajstić information content (AvgIpc) is 2.54. The third-order valence-electron chi connectivity index (χ3n) is 4.04. The molecule has 0 unspecified atom stereocenters. The first kappa shape index (κ1) is 19.1. The molecule has 6 nitrogen and oxygen atoms in total. The van der Waals surface area contributed by atoms with Gasteiger partial charge < -0.3 is 14.8 Å². The number of aliphatic hydroxyl groups excluding tert-OH is 1.